The number of hydrogen-bond donors (Lipinski definition) is 1. The van der Waals surface area contributed by atoms with E-state index in [2.05, 4.69) is 47.0 Å². The average molecular weight is 246 g/mol. The number of pyridine rings is 1. The highest BCUT2D eigenvalue weighted by atomic mass is 32.1. The quantitative estimate of drug-likeness (QED) is 0.876. The number of thiophene rings is 1. The van der Waals surface area contributed by atoms with Crippen LogP contribution in [0.4, 0.5) is 0 Å². The van der Waals surface area contributed by atoms with Crippen LogP contribution in [-0.2, 0) is 13.0 Å². The first kappa shape index (κ1) is 12.3. The molecule has 0 fully saturated rings. The second kappa shape index (κ2) is 5.94. The Kier molecular flexibility index (Phi) is 4.29. The fourth-order valence-corrected chi connectivity index (χ4v) is 2.49. The first-order valence-corrected chi connectivity index (χ1v) is 6.85. The molecule has 0 saturated heterocycles. The first-order valence-electron chi connectivity index (χ1n) is 5.90. The van der Waals surface area contributed by atoms with Crippen molar-refractivity contribution >= 4 is 11.3 Å². The van der Waals surface area contributed by atoms with Gasteiger partial charge in [-0.1, -0.05) is 6.07 Å². The van der Waals surface area contributed by atoms with Crippen LogP contribution in [0.15, 0.2) is 35.2 Å². The van der Waals surface area contributed by atoms with Crippen molar-refractivity contribution in [3.8, 4) is 0 Å². The molecule has 0 spiro atoms. The molecule has 0 aromatic carbocycles. The third kappa shape index (κ3) is 3.65. The zero-order valence-corrected chi connectivity index (χ0v) is 11.1. The topological polar surface area (TPSA) is 24.9 Å². The van der Waals surface area contributed by atoms with Gasteiger partial charge in [0.1, 0.15) is 0 Å². The van der Waals surface area contributed by atoms with E-state index in [9.17, 15) is 0 Å². The normalized spacial score (nSPS) is 12.6. The van der Waals surface area contributed by atoms with Crippen LogP contribution in [0.2, 0.25) is 0 Å². The van der Waals surface area contributed by atoms with Crippen LogP contribution in [0.5, 0.6) is 0 Å². The molecule has 2 aromatic rings. The van der Waals surface area contributed by atoms with E-state index in [0.717, 1.165) is 18.7 Å². The standard InChI is InChI=1S/C14H18N2S/c1-11-4-3-6-15-14(11)9-16-12(2)8-13-5-7-17-10-13/h3-7,10,12,16H,8-9H2,1-2H3. The first-order chi connectivity index (χ1) is 8.25. The van der Waals surface area contributed by atoms with Gasteiger partial charge in [0, 0.05) is 18.8 Å². The molecule has 2 rings (SSSR count). The van der Waals surface area contributed by atoms with Crippen LogP contribution >= 0.6 is 11.3 Å². The van der Waals surface area contributed by atoms with Crippen LogP contribution in [0.3, 0.4) is 0 Å². The Labute approximate surface area is 107 Å². The van der Waals surface area contributed by atoms with E-state index < -0.39 is 0 Å². The lowest BCUT2D eigenvalue weighted by molar-refractivity contribution is 0.539. The van der Waals surface area contributed by atoms with E-state index in [0.29, 0.717) is 6.04 Å². The highest BCUT2D eigenvalue weighted by Gasteiger charge is 2.05. The zero-order valence-electron chi connectivity index (χ0n) is 10.3. The minimum atomic E-state index is 0.478. The summed E-state index contributed by atoms with van der Waals surface area (Å²) in [6.07, 6.45) is 2.93. The highest BCUT2D eigenvalue weighted by Crippen LogP contribution is 2.09. The summed E-state index contributed by atoms with van der Waals surface area (Å²) in [6.45, 7) is 5.17. The number of aryl methyl sites for hydroxylation is 1. The summed E-state index contributed by atoms with van der Waals surface area (Å²) in [7, 11) is 0. The van der Waals surface area contributed by atoms with E-state index >= 15 is 0 Å². The minimum absolute atomic E-state index is 0.478. The number of nitrogens with one attached hydrogen (secondary N) is 1. The minimum Gasteiger partial charge on any atom is -0.308 e. The molecular weight excluding hydrogens is 228 g/mol. The summed E-state index contributed by atoms with van der Waals surface area (Å²) in [6, 6.07) is 6.75. The number of rotatable bonds is 5. The second-order valence-corrected chi connectivity index (χ2v) is 5.16. The van der Waals surface area contributed by atoms with Crippen LogP contribution in [0.25, 0.3) is 0 Å². The summed E-state index contributed by atoms with van der Waals surface area (Å²) in [4.78, 5) is 4.39. The molecule has 17 heavy (non-hydrogen) atoms. The molecule has 0 aliphatic carbocycles. The second-order valence-electron chi connectivity index (χ2n) is 4.38. The maximum absolute atomic E-state index is 4.39. The molecular formula is C14H18N2S. The molecule has 0 radical (unpaired) electrons. The van der Waals surface area contributed by atoms with Crippen molar-refractivity contribution in [2.24, 2.45) is 0 Å². The van der Waals surface area contributed by atoms with Crippen molar-refractivity contribution in [3.05, 3.63) is 52.0 Å². The molecule has 2 heterocycles. The van der Waals surface area contributed by atoms with Gasteiger partial charge in [-0.2, -0.15) is 11.3 Å². The molecule has 0 bridgehead atoms. The van der Waals surface area contributed by atoms with Crippen molar-refractivity contribution in [1.29, 1.82) is 0 Å². The van der Waals surface area contributed by atoms with Crippen molar-refractivity contribution < 1.29 is 0 Å². The van der Waals surface area contributed by atoms with Gasteiger partial charge in [0.25, 0.3) is 0 Å². The molecule has 2 nitrogen and oxygen atoms in total. The molecule has 1 unspecified atom stereocenters. The van der Waals surface area contributed by atoms with Gasteiger partial charge in [-0.05, 0) is 54.3 Å². The van der Waals surface area contributed by atoms with Gasteiger partial charge in [0.05, 0.1) is 5.69 Å². The van der Waals surface area contributed by atoms with Gasteiger partial charge >= 0.3 is 0 Å². The Morgan fingerprint density at radius 2 is 2.29 bits per heavy atom. The molecule has 1 atom stereocenters. The summed E-state index contributed by atoms with van der Waals surface area (Å²) >= 11 is 1.76. The van der Waals surface area contributed by atoms with Crippen molar-refractivity contribution in [2.75, 3.05) is 0 Å². The maximum Gasteiger partial charge on any atom is 0.0570 e. The van der Waals surface area contributed by atoms with Gasteiger partial charge in [0.2, 0.25) is 0 Å². The smallest absolute Gasteiger partial charge is 0.0570 e. The van der Waals surface area contributed by atoms with E-state index in [1.165, 1.54) is 11.1 Å². The Bertz CT molecular complexity index is 451. The van der Waals surface area contributed by atoms with E-state index in [-0.39, 0.29) is 0 Å². The van der Waals surface area contributed by atoms with Crippen molar-refractivity contribution in [3.63, 3.8) is 0 Å². The summed E-state index contributed by atoms with van der Waals surface area (Å²) < 4.78 is 0. The highest BCUT2D eigenvalue weighted by molar-refractivity contribution is 7.07. The third-order valence-electron chi connectivity index (χ3n) is 2.86. The van der Waals surface area contributed by atoms with E-state index in [1.807, 2.05) is 12.3 Å². The predicted molar refractivity (Wildman–Crippen MR) is 73.3 cm³/mol. The zero-order chi connectivity index (χ0) is 12.1. The fraction of sp³-hybridized carbons (Fsp3) is 0.357. The van der Waals surface area contributed by atoms with Crippen molar-refractivity contribution in [2.45, 2.75) is 32.9 Å². The van der Waals surface area contributed by atoms with Crippen LogP contribution < -0.4 is 5.32 Å². The predicted octanol–water partition coefficient (Wildman–Crippen LogP) is 3.17. The molecule has 90 valence electrons. The van der Waals surface area contributed by atoms with Gasteiger partial charge < -0.3 is 5.32 Å². The molecule has 2 aromatic heterocycles. The van der Waals surface area contributed by atoms with Crippen LogP contribution in [0, 0.1) is 6.92 Å². The third-order valence-corrected chi connectivity index (χ3v) is 3.59. The summed E-state index contributed by atoms with van der Waals surface area (Å²) in [5.41, 5.74) is 3.81. The summed E-state index contributed by atoms with van der Waals surface area (Å²) in [5, 5.41) is 7.86. The average Bonchev–Trinajstić information content (AvgIpc) is 2.81. The van der Waals surface area contributed by atoms with Gasteiger partial charge in [-0.3, -0.25) is 4.98 Å². The number of nitrogens with zero attached hydrogens (tertiary/aromatic N) is 1. The van der Waals surface area contributed by atoms with Crippen molar-refractivity contribution in [1.82, 2.24) is 10.3 Å². The van der Waals surface area contributed by atoms with Gasteiger partial charge in [-0.15, -0.1) is 0 Å². The van der Waals surface area contributed by atoms with Crippen LogP contribution in [-0.4, -0.2) is 11.0 Å². The lowest BCUT2D eigenvalue weighted by atomic mass is 10.1. The number of aromatic nitrogens is 1. The fourth-order valence-electron chi connectivity index (χ4n) is 1.81. The lowest BCUT2D eigenvalue weighted by Gasteiger charge is -2.13. The van der Waals surface area contributed by atoms with E-state index in [1.54, 1.807) is 11.3 Å². The SMILES string of the molecule is Cc1cccnc1CNC(C)Cc1ccsc1. The van der Waals surface area contributed by atoms with E-state index in [4.69, 9.17) is 0 Å². The monoisotopic (exact) mass is 246 g/mol. The molecule has 0 amide bonds. The number of hydrogen-bond acceptors (Lipinski definition) is 3. The largest absolute Gasteiger partial charge is 0.308 e. The Balaban J connectivity index is 1.84. The molecule has 0 aliphatic heterocycles. The molecule has 1 N–H and O–H groups in total. The Morgan fingerprint density at radius 3 is 3.00 bits per heavy atom. The molecule has 3 heteroatoms. The van der Waals surface area contributed by atoms with Gasteiger partial charge in [-0.25, -0.2) is 0 Å². The lowest BCUT2D eigenvalue weighted by Crippen LogP contribution is -2.28. The Hall–Kier alpha value is -1.19. The maximum atomic E-state index is 4.39. The molecule has 0 aliphatic rings. The summed E-state index contributed by atoms with van der Waals surface area (Å²) in [5.74, 6) is 0. The Morgan fingerprint density at radius 1 is 1.41 bits per heavy atom. The van der Waals surface area contributed by atoms with Crippen LogP contribution in [0.1, 0.15) is 23.7 Å². The molecule has 0 saturated carbocycles. The van der Waals surface area contributed by atoms with Gasteiger partial charge in [0.15, 0.2) is 0 Å².